The molecule has 3 heteroatoms. The number of ketones is 1. The van der Waals surface area contributed by atoms with Crippen LogP contribution in [0.15, 0.2) is 18.2 Å². The van der Waals surface area contributed by atoms with Crippen LogP contribution in [-0.2, 0) is 0 Å². The third kappa shape index (κ3) is 1.45. The fourth-order valence-corrected chi connectivity index (χ4v) is 3.02. The number of hydrogen-bond donors (Lipinski definition) is 0. The molecule has 1 heterocycles. The lowest BCUT2D eigenvalue weighted by molar-refractivity contribution is 0.101. The van der Waals surface area contributed by atoms with E-state index in [1.165, 1.54) is 0 Å². The lowest BCUT2D eigenvalue weighted by Crippen LogP contribution is -1.91. The van der Waals surface area contributed by atoms with Crippen molar-refractivity contribution >= 4 is 38.8 Å². The highest BCUT2D eigenvalue weighted by Crippen LogP contribution is 2.32. The van der Waals surface area contributed by atoms with Gasteiger partial charge in [-0.3, -0.25) is 4.79 Å². The second-order valence-corrected chi connectivity index (χ2v) is 4.92. The molecule has 0 spiro atoms. The number of carbonyl (C=O) groups excluding carboxylic acids is 1. The van der Waals surface area contributed by atoms with Crippen LogP contribution in [0.1, 0.15) is 22.2 Å². The molecule has 0 aliphatic heterocycles. The number of rotatable bonds is 1. The third-order valence-corrected chi connectivity index (χ3v) is 3.48. The minimum Gasteiger partial charge on any atom is -0.294 e. The van der Waals surface area contributed by atoms with E-state index in [2.05, 4.69) is 0 Å². The van der Waals surface area contributed by atoms with Gasteiger partial charge in [-0.1, -0.05) is 17.7 Å². The number of Topliss-reactive ketones (excluding diaryl/α,β-unsaturated/α-hetero) is 1. The largest absolute Gasteiger partial charge is 0.294 e. The average Bonchev–Trinajstić information content (AvgIpc) is 2.39. The Morgan fingerprint density at radius 2 is 2.14 bits per heavy atom. The third-order valence-electron chi connectivity index (χ3n) is 2.18. The smallest absolute Gasteiger partial charge is 0.161 e. The van der Waals surface area contributed by atoms with Crippen molar-refractivity contribution in [3.63, 3.8) is 0 Å². The molecule has 0 saturated heterocycles. The number of aryl methyl sites for hydroxylation is 1. The predicted molar refractivity (Wildman–Crippen MR) is 61.6 cm³/mol. The summed E-state index contributed by atoms with van der Waals surface area (Å²) in [5, 5.41) is 1.73. The molecule has 2 rings (SSSR count). The first kappa shape index (κ1) is 9.69. The first-order valence-electron chi connectivity index (χ1n) is 4.29. The summed E-state index contributed by atoms with van der Waals surface area (Å²) in [5.74, 6) is 0.121. The zero-order valence-electron chi connectivity index (χ0n) is 7.93. The quantitative estimate of drug-likeness (QED) is 0.668. The molecular formula is C11H9ClOS. The molecule has 0 atom stereocenters. The Balaban J connectivity index is 2.84. The fraction of sp³-hybridized carbons (Fsp3) is 0.182. The minimum absolute atomic E-state index is 0.121. The second kappa shape index (κ2) is 3.37. The molecule has 1 nitrogen and oxygen atoms in total. The zero-order chi connectivity index (χ0) is 10.3. The SMILES string of the molecule is CC(=O)c1c(C)sc2cc(Cl)ccc12. The van der Waals surface area contributed by atoms with Gasteiger partial charge in [-0.2, -0.15) is 0 Å². The normalized spacial score (nSPS) is 10.8. The molecule has 0 radical (unpaired) electrons. The summed E-state index contributed by atoms with van der Waals surface area (Å²) in [4.78, 5) is 12.5. The Hall–Kier alpha value is -0.860. The number of thiophene rings is 1. The average molecular weight is 225 g/mol. The highest BCUT2D eigenvalue weighted by Gasteiger charge is 2.12. The van der Waals surface area contributed by atoms with Gasteiger partial charge < -0.3 is 0 Å². The second-order valence-electron chi connectivity index (χ2n) is 3.23. The first-order chi connectivity index (χ1) is 6.59. The van der Waals surface area contributed by atoms with Crippen LogP contribution in [0.4, 0.5) is 0 Å². The van der Waals surface area contributed by atoms with E-state index in [0.29, 0.717) is 5.02 Å². The molecule has 2 aromatic rings. The highest BCUT2D eigenvalue weighted by molar-refractivity contribution is 7.19. The van der Waals surface area contributed by atoms with Gasteiger partial charge in [0.2, 0.25) is 0 Å². The van der Waals surface area contributed by atoms with Crippen LogP contribution in [0.3, 0.4) is 0 Å². The molecule has 0 aliphatic rings. The van der Waals surface area contributed by atoms with E-state index in [0.717, 1.165) is 20.5 Å². The van der Waals surface area contributed by atoms with E-state index >= 15 is 0 Å². The van der Waals surface area contributed by atoms with E-state index in [4.69, 9.17) is 11.6 Å². The van der Waals surface area contributed by atoms with Gasteiger partial charge in [0.1, 0.15) is 0 Å². The summed E-state index contributed by atoms with van der Waals surface area (Å²) in [6.45, 7) is 3.57. The van der Waals surface area contributed by atoms with Crippen LogP contribution in [0.2, 0.25) is 5.02 Å². The molecule has 0 unspecified atom stereocenters. The van der Waals surface area contributed by atoms with Crippen molar-refractivity contribution in [2.75, 3.05) is 0 Å². The number of hydrogen-bond acceptors (Lipinski definition) is 2. The number of carbonyl (C=O) groups is 1. The van der Waals surface area contributed by atoms with Crippen LogP contribution >= 0.6 is 22.9 Å². The van der Waals surface area contributed by atoms with Gasteiger partial charge in [-0.15, -0.1) is 11.3 Å². The predicted octanol–water partition coefficient (Wildman–Crippen LogP) is 4.07. The molecule has 14 heavy (non-hydrogen) atoms. The summed E-state index contributed by atoms with van der Waals surface area (Å²) < 4.78 is 1.08. The molecule has 0 N–H and O–H groups in total. The van der Waals surface area contributed by atoms with Crippen LogP contribution in [-0.4, -0.2) is 5.78 Å². The standard InChI is InChI=1S/C11H9ClOS/c1-6(13)11-7(2)14-10-5-8(12)3-4-9(10)11/h3-5H,1-2H3. The lowest BCUT2D eigenvalue weighted by Gasteiger charge is -1.94. The van der Waals surface area contributed by atoms with Crippen LogP contribution in [0.25, 0.3) is 10.1 Å². The van der Waals surface area contributed by atoms with Gasteiger partial charge in [-0.05, 0) is 26.0 Å². The van der Waals surface area contributed by atoms with E-state index in [-0.39, 0.29) is 5.78 Å². The van der Waals surface area contributed by atoms with Crippen molar-refractivity contribution in [1.82, 2.24) is 0 Å². The monoisotopic (exact) mass is 224 g/mol. The molecule has 0 bridgehead atoms. The summed E-state index contributed by atoms with van der Waals surface area (Å²) in [7, 11) is 0. The Kier molecular flexibility index (Phi) is 2.33. The molecule has 1 aromatic heterocycles. The molecular weight excluding hydrogens is 216 g/mol. The van der Waals surface area contributed by atoms with Gasteiger partial charge in [0.05, 0.1) is 0 Å². The van der Waals surface area contributed by atoms with Crippen LogP contribution in [0, 0.1) is 6.92 Å². The molecule has 1 aromatic carbocycles. The first-order valence-corrected chi connectivity index (χ1v) is 5.48. The van der Waals surface area contributed by atoms with Crippen molar-refractivity contribution in [1.29, 1.82) is 0 Å². The van der Waals surface area contributed by atoms with Crippen molar-refractivity contribution < 1.29 is 4.79 Å². The maximum atomic E-state index is 11.4. The van der Waals surface area contributed by atoms with Gasteiger partial charge in [0, 0.05) is 25.5 Å². The van der Waals surface area contributed by atoms with Gasteiger partial charge in [-0.25, -0.2) is 0 Å². The van der Waals surface area contributed by atoms with Crippen molar-refractivity contribution in [3.8, 4) is 0 Å². The summed E-state index contributed by atoms with van der Waals surface area (Å²) >= 11 is 7.50. The summed E-state index contributed by atoms with van der Waals surface area (Å²) in [6.07, 6.45) is 0. The van der Waals surface area contributed by atoms with Crippen molar-refractivity contribution in [3.05, 3.63) is 33.7 Å². The molecule has 72 valence electrons. The summed E-state index contributed by atoms with van der Waals surface area (Å²) in [6, 6.07) is 5.64. The lowest BCUT2D eigenvalue weighted by atomic mass is 10.1. The Labute approximate surface area is 91.3 Å². The Morgan fingerprint density at radius 1 is 1.43 bits per heavy atom. The number of benzene rings is 1. The van der Waals surface area contributed by atoms with Gasteiger partial charge in [0.25, 0.3) is 0 Å². The van der Waals surface area contributed by atoms with E-state index in [1.54, 1.807) is 18.3 Å². The fourth-order valence-electron chi connectivity index (χ4n) is 1.63. The Morgan fingerprint density at radius 3 is 2.79 bits per heavy atom. The highest BCUT2D eigenvalue weighted by atomic mass is 35.5. The maximum Gasteiger partial charge on any atom is 0.161 e. The molecule has 0 aliphatic carbocycles. The zero-order valence-corrected chi connectivity index (χ0v) is 9.50. The van der Waals surface area contributed by atoms with Crippen molar-refractivity contribution in [2.24, 2.45) is 0 Å². The minimum atomic E-state index is 0.121. The number of halogens is 1. The summed E-state index contributed by atoms with van der Waals surface area (Å²) in [5.41, 5.74) is 0.835. The number of fused-ring (bicyclic) bond motifs is 1. The van der Waals surface area contributed by atoms with E-state index in [9.17, 15) is 4.79 Å². The molecule has 0 saturated carbocycles. The molecule has 0 amide bonds. The van der Waals surface area contributed by atoms with Gasteiger partial charge in [0.15, 0.2) is 5.78 Å². The van der Waals surface area contributed by atoms with E-state index in [1.807, 2.05) is 25.1 Å². The Bertz CT molecular complexity index is 513. The van der Waals surface area contributed by atoms with Crippen LogP contribution < -0.4 is 0 Å². The van der Waals surface area contributed by atoms with Gasteiger partial charge >= 0.3 is 0 Å². The van der Waals surface area contributed by atoms with E-state index < -0.39 is 0 Å². The topological polar surface area (TPSA) is 17.1 Å². The molecule has 0 fully saturated rings. The maximum absolute atomic E-state index is 11.4. The van der Waals surface area contributed by atoms with Crippen molar-refractivity contribution in [2.45, 2.75) is 13.8 Å². The van der Waals surface area contributed by atoms with Crippen LogP contribution in [0.5, 0.6) is 0 Å².